The van der Waals surface area contributed by atoms with E-state index in [2.05, 4.69) is 4.98 Å². The lowest BCUT2D eigenvalue weighted by molar-refractivity contribution is -0.154. The Morgan fingerprint density at radius 1 is 1.53 bits per heavy atom. The molecule has 4 nitrogen and oxygen atoms in total. The van der Waals surface area contributed by atoms with Crippen LogP contribution < -0.4 is 0 Å². The first-order chi connectivity index (χ1) is 7.98. The summed E-state index contributed by atoms with van der Waals surface area (Å²) in [5.74, 6) is -0.170. The van der Waals surface area contributed by atoms with Crippen LogP contribution in [0.5, 0.6) is 0 Å². The van der Waals surface area contributed by atoms with Crippen molar-refractivity contribution in [3.8, 4) is 0 Å². The zero-order valence-electron chi connectivity index (χ0n) is 11.1. The van der Waals surface area contributed by atoms with Crippen molar-refractivity contribution < 1.29 is 9.53 Å². The number of carbonyl (C=O) groups excluding carboxylic acids is 1. The quantitative estimate of drug-likeness (QED) is 0.769. The number of nitrogens with zero attached hydrogens (tertiary/aromatic N) is 1. The van der Waals surface area contributed by atoms with Gasteiger partial charge in [-0.05, 0) is 45.9 Å². The standard InChI is InChI=1S/C13H22N2O2/c1-5-17-12(16)13(2,3)15(4)9-7-11-6-8-14-10-11/h6,8,10,14H,5,7,9H2,1-4H3. The third kappa shape index (κ3) is 3.60. The van der Waals surface area contributed by atoms with Gasteiger partial charge in [0.1, 0.15) is 5.54 Å². The van der Waals surface area contributed by atoms with E-state index in [1.54, 1.807) is 0 Å². The zero-order chi connectivity index (χ0) is 12.9. The molecule has 0 unspecified atom stereocenters. The molecule has 0 aromatic carbocycles. The molecule has 0 atom stereocenters. The lowest BCUT2D eigenvalue weighted by Gasteiger charge is -2.33. The Kier molecular flexibility index (Phi) is 4.75. The molecule has 0 aliphatic carbocycles. The first-order valence-electron chi connectivity index (χ1n) is 5.98. The summed E-state index contributed by atoms with van der Waals surface area (Å²) in [6.07, 6.45) is 4.81. The van der Waals surface area contributed by atoms with Gasteiger partial charge in [0.2, 0.25) is 0 Å². The third-order valence-corrected chi connectivity index (χ3v) is 3.13. The fraction of sp³-hybridized carbons (Fsp3) is 0.615. The van der Waals surface area contributed by atoms with E-state index in [1.165, 1.54) is 5.56 Å². The van der Waals surface area contributed by atoms with Crippen molar-refractivity contribution in [2.75, 3.05) is 20.2 Å². The molecule has 0 aliphatic heterocycles. The van der Waals surface area contributed by atoms with Crippen LogP contribution in [-0.2, 0) is 16.0 Å². The van der Waals surface area contributed by atoms with E-state index < -0.39 is 5.54 Å². The van der Waals surface area contributed by atoms with E-state index >= 15 is 0 Å². The van der Waals surface area contributed by atoms with Crippen LogP contribution in [0, 0.1) is 0 Å². The number of esters is 1. The summed E-state index contributed by atoms with van der Waals surface area (Å²) >= 11 is 0. The molecule has 1 aromatic heterocycles. The van der Waals surface area contributed by atoms with Crippen LogP contribution in [0.2, 0.25) is 0 Å². The van der Waals surface area contributed by atoms with Gasteiger partial charge < -0.3 is 9.72 Å². The maximum atomic E-state index is 11.8. The van der Waals surface area contributed by atoms with Crippen LogP contribution in [-0.4, -0.2) is 41.6 Å². The maximum absolute atomic E-state index is 11.8. The fourth-order valence-corrected chi connectivity index (χ4v) is 1.55. The van der Waals surface area contributed by atoms with E-state index in [1.807, 2.05) is 51.2 Å². The number of rotatable bonds is 6. The second-order valence-corrected chi connectivity index (χ2v) is 4.67. The summed E-state index contributed by atoms with van der Waals surface area (Å²) in [4.78, 5) is 16.8. The number of aromatic amines is 1. The Morgan fingerprint density at radius 3 is 2.76 bits per heavy atom. The van der Waals surface area contributed by atoms with Crippen molar-refractivity contribution in [3.63, 3.8) is 0 Å². The average molecular weight is 238 g/mol. The fourth-order valence-electron chi connectivity index (χ4n) is 1.55. The van der Waals surface area contributed by atoms with Crippen LogP contribution in [0.15, 0.2) is 18.5 Å². The SMILES string of the molecule is CCOC(=O)C(C)(C)N(C)CCc1cc[nH]c1. The maximum Gasteiger partial charge on any atom is 0.325 e. The molecule has 0 aliphatic rings. The van der Waals surface area contributed by atoms with Gasteiger partial charge in [-0.2, -0.15) is 0 Å². The normalized spacial score (nSPS) is 11.8. The summed E-state index contributed by atoms with van der Waals surface area (Å²) in [5, 5.41) is 0. The molecule has 0 amide bonds. The molecular weight excluding hydrogens is 216 g/mol. The van der Waals surface area contributed by atoms with Crippen LogP contribution in [0.1, 0.15) is 26.3 Å². The molecule has 0 spiro atoms. The van der Waals surface area contributed by atoms with Crippen LogP contribution >= 0.6 is 0 Å². The highest BCUT2D eigenvalue weighted by Crippen LogP contribution is 2.15. The minimum absolute atomic E-state index is 0.170. The molecule has 0 radical (unpaired) electrons. The summed E-state index contributed by atoms with van der Waals surface area (Å²) in [7, 11) is 1.95. The average Bonchev–Trinajstić information content (AvgIpc) is 2.78. The van der Waals surface area contributed by atoms with Gasteiger partial charge in [0.15, 0.2) is 0 Å². The summed E-state index contributed by atoms with van der Waals surface area (Å²) in [5.41, 5.74) is 0.670. The highest BCUT2D eigenvalue weighted by molar-refractivity contribution is 5.79. The minimum Gasteiger partial charge on any atom is -0.465 e. The zero-order valence-corrected chi connectivity index (χ0v) is 11.1. The number of aromatic nitrogens is 1. The number of hydrogen-bond acceptors (Lipinski definition) is 3. The highest BCUT2D eigenvalue weighted by atomic mass is 16.5. The lowest BCUT2D eigenvalue weighted by Crippen LogP contribution is -2.49. The molecule has 0 fully saturated rings. The molecule has 0 saturated heterocycles. The van der Waals surface area contributed by atoms with Crippen LogP contribution in [0.25, 0.3) is 0 Å². The monoisotopic (exact) mass is 238 g/mol. The number of nitrogens with one attached hydrogen (secondary N) is 1. The molecule has 1 heterocycles. The molecule has 0 saturated carbocycles. The number of H-pyrrole nitrogens is 1. The minimum atomic E-state index is -0.577. The summed E-state index contributed by atoms with van der Waals surface area (Å²) < 4.78 is 5.08. The summed E-state index contributed by atoms with van der Waals surface area (Å²) in [6.45, 7) is 6.86. The Balaban J connectivity index is 2.50. The molecule has 4 heteroatoms. The third-order valence-electron chi connectivity index (χ3n) is 3.13. The smallest absolute Gasteiger partial charge is 0.325 e. The predicted octanol–water partition coefficient (Wildman–Crippen LogP) is 1.83. The lowest BCUT2D eigenvalue weighted by atomic mass is 10.0. The van der Waals surface area contributed by atoms with Crippen molar-refractivity contribution >= 4 is 5.97 Å². The number of hydrogen-bond donors (Lipinski definition) is 1. The molecule has 1 aromatic rings. The van der Waals surface area contributed by atoms with Crippen LogP contribution in [0.3, 0.4) is 0 Å². The second kappa shape index (κ2) is 5.87. The van der Waals surface area contributed by atoms with Gasteiger partial charge >= 0.3 is 5.97 Å². The Morgan fingerprint density at radius 2 is 2.24 bits per heavy atom. The van der Waals surface area contributed by atoms with E-state index in [0.29, 0.717) is 6.61 Å². The van der Waals surface area contributed by atoms with Gasteiger partial charge in [-0.1, -0.05) is 0 Å². The number of carbonyl (C=O) groups is 1. The predicted molar refractivity (Wildman–Crippen MR) is 67.8 cm³/mol. The molecule has 1 rings (SSSR count). The van der Waals surface area contributed by atoms with Gasteiger partial charge in [-0.25, -0.2) is 0 Å². The highest BCUT2D eigenvalue weighted by Gasteiger charge is 2.33. The van der Waals surface area contributed by atoms with Gasteiger partial charge in [-0.3, -0.25) is 9.69 Å². The van der Waals surface area contributed by atoms with Crippen molar-refractivity contribution in [2.24, 2.45) is 0 Å². The van der Waals surface area contributed by atoms with Gasteiger partial charge in [-0.15, -0.1) is 0 Å². The van der Waals surface area contributed by atoms with Gasteiger partial charge in [0.05, 0.1) is 6.61 Å². The second-order valence-electron chi connectivity index (χ2n) is 4.67. The van der Waals surface area contributed by atoms with Crippen molar-refractivity contribution in [1.29, 1.82) is 0 Å². The van der Waals surface area contributed by atoms with Crippen molar-refractivity contribution in [1.82, 2.24) is 9.88 Å². The van der Waals surface area contributed by atoms with E-state index in [0.717, 1.165) is 13.0 Å². The number of ether oxygens (including phenoxy) is 1. The van der Waals surface area contributed by atoms with Crippen LogP contribution in [0.4, 0.5) is 0 Å². The van der Waals surface area contributed by atoms with Gasteiger partial charge in [0, 0.05) is 18.9 Å². The van der Waals surface area contributed by atoms with Crippen molar-refractivity contribution in [3.05, 3.63) is 24.0 Å². The Bertz CT molecular complexity index is 344. The molecule has 0 bridgehead atoms. The Hall–Kier alpha value is -1.29. The van der Waals surface area contributed by atoms with Gasteiger partial charge in [0.25, 0.3) is 0 Å². The van der Waals surface area contributed by atoms with E-state index in [9.17, 15) is 4.79 Å². The topological polar surface area (TPSA) is 45.3 Å². The molecule has 96 valence electrons. The Labute approximate surface area is 103 Å². The van der Waals surface area contributed by atoms with Crippen molar-refractivity contribution in [2.45, 2.75) is 32.7 Å². The first kappa shape index (κ1) is 13.8. The number of likely N-dealkylation sites (N-methyl/N-ethyl adjacent to an activating group) is 1. The van der Waals surface area contributed by atoms with E-state index in [4.69, 9.17) is 4.74 Å². The largest absolute Gasteiger partial charge is 0.465 e. The summed E-state index contributed by atoms with van der Waals surface area (Å²) in [6, 6.07) is 2.05. The first-order valence-corrected chi connectivity index (χ1v) is 5.98. The molecular formula is C13H22N2O2. The van der Waals surface area contributed by atoms with E-state index in [-0.39, 0.29) is 5.97 Å². The molecule has 17 heavy (non-hydrogen) atoms. The molecule has 1 N–H and O–H groups in total.